The third-order valence-electron chi connectivity index (χ3n) is 3.46. The highest BCUT2D eigenvalue weighted by Gasteiger charge is 2.36. The fourth-order valence-electron chi connectivity index (χ4n) is 1.97. The number of nitrogens with zero attached hydrogens (tertiary/aromatic N) is 2. The normalized spacial score (nSPS) is 16.2. The van der Waals surface area contributed by atoms with E-state index in [1.165, 1.54) is 0 Å². The lowest BCUT2D eigenvalue weighted by Gasteiger charge is -2.23. The van der Waals surface area contributed by atoms with Crippen molar-refractivity contribution in [1.29, 1.82) is 0 Å². The van der Waals surface area contributed by atoms with Gasteiger partial charge in [-0.3, -0.25) is 9.59 Å². The van der Waals surface area contributed by atoms with Gasteiger partial charge in [-0.1, -0.05) is 25.9 Å². The Balaban J connectivity index is 2.12. The molecule has 0 aliphatic heterocycles. The molecule has 0 saturated heterocycles. The van der Waals surface area contributed by atoms with E-state index in [0.29, 0.717) is 5.76 Å². The van der Waals surface area contributed by atoms with Crippen molar-refractivity contribution in [1.82, 2.24) is 10.1 Å². The molecule has 1 aliphatic carbocycles. The van der Waals surface area contributed by atoms with Gasteiger partial charge in [0.2, 0.25) is 0 Å². The van der Waals surface area contributed by atoms with E-state index in [4.69, 9.17) is 9.63 Å². The molecule has 1 aromatic rings. The van der Waals surface area contributed by atoms with Crippen LogP contribution in [0.5, 0.6) is 0 Å². The number of hydrogen-bond donors (Lipinski definition) is 1. The Morgan fingerprint density at radius 2 is 2.10 bits per heavy atom. The van der Waals surface area contributed by atoms with E-state index in [1.54, 1.807) is 17.9 Å². The molecule has 0 spiro atoms. The second kappa shape index (κ2) is 5.64. The van der Waals surface area contributed by atoms with E-state index in [9.17, 15) is 9.59 Å². The molecule has 0 radical (unpaired) electrons. The third kappa shape index (κ3) is 3.18. The summed E-state index contributed by atoms with van der Waals surface area (Å²) in [6, 6.07) is 1.79. The average molecular weight is 280 g/mol. The van der Waals surface area contributed by atoms with Crippen LogP contribution in [0.1, 0.15) is 55.8 Å². The van der Waals surface area contributed by atoms with E-state index >= 15 is 0 Å². The Bertz CT molecular complexity index is 505. The van der Waals surface area contributed by atoms with Crippen molar-refractivity contribution in [2.75, 3.05) is 6.54 Å². The molecule has 6 nitrogen and oxygen atoms in total. The number of rotatable bonds is 6. The van der Waals surface area contributed by atoms with E-state index in [-0.39, 0.29) is 30.1 Å². The number of aromatic nitrogens is 1. The average Bonchev–Trinajstić information content (AvgIpc) is 3.10. The minimum Gasteiger partial charge on any atom is -0.481 e. The quantitative estimate of drug-likeness (QED) is 0.863. The number of carboxylic acids is 1. The van der Waals surface area contributed by atoms with Crippen LogP contribution in [0.2, 0.25) is 0 Å². The zero-order chi connectivity index (χ0) is 14.9. The fraction of sp³-hybridized carbons (Fsp3) is 0.643. The monoisotopic (exact) mass is 280 g/mol. The summed E-state index contributed by atoms with van der Waals surface area (Å²) < 4.78 is 5.14. The van der Waals surface area contributed by atoms with Crippen LogP contribution in [-0.2, 0) is 4.79 Å². The number of carboxylic acid groups (broad SMARTS) is 1. The minimum atomic E-state index is -0.897. The SMILES string of the molecule is CC(CN(C(=O)c1cc(C(C)C)on1)C1CC1)C(=O)O. The van der Waals surface area contributed by atoms with Gasteiger partial charge in [0.1, 0.15) is 5.76 Å². The zero-order valence-corrected chi connectivity index (χ0v) is 12.0. The molecule has 110 valence electrons. The van der Waals surface area contributed by atoms with E-state index < -0.39 is 11.9 Å². The van der Waals surface area contributed by atoms with E-state index in [2.05, 4.69) is 5.16 Å². The first-order valence-electron chi connectivity index (χ1n) is 6.90. The van der Waals surface area contributed by atoms with Gasteiger partial charge in [0.15, 0.2) is 5.69 Å². The van der Waals surface area contributed by atoms with Gasteiger partial charge in [0, 0.05) is 24.6 Å². The van der Waals surface area contributed by atoms with Gasteiger partial charge >= 0.3 is 5.97 Å². The molecule has 1 fully saturated rings. The van der Waals surface area contributed by atoms with Crippen molar-refractivity contribution < 1.29 is 19.2 Å². The van der Waals surface area contributed by atoms with E-state index in [0.717, 1.165) is 12.8 Å². The van der Waals surface area contributed by atoms with Crippen molar-refractivity contribution in [3.63, 3.8) is 0 Å². The number of carbonyl (C=O) groups is 2. The van der Waals surface area contributed by atoms with Crippen molar-refractivity contribution in [3.05, 3.63) is 17.5 Å². The first kappa shape index (κ1) is 14.6. The molecular formula is C14H20N2O4. The highest BCUT2D eigenvalue weighted by molar-refractivity contribution is 5.93. The Morgan fingerprint density at radius 3 is 2.55 bits per heavy atom. The highest BCUT2D eigenvalue weighted by Crippen LogP contribution is 2.29. The van der Waals surface area contributed by atoms with Crippen molar-refractivity contribution >= 4 is 11.9 Å². The fourth-order valence-corrected chi connectivity index (χ4v) is 1.97. The molecule has 0 aromatic carbocycles. The van der Waals surface area contributed by atoms with Gasteiger partial charge in [0.25, 0.3) is 5.91 Å². The molecule has 2 rings (SSSR count). The molecule has 1 N–H and O–H groups in total. The first-order valence-corrected chi connectivity index (χ1v) is 6.90. The van der Waals surface area contributed by atoms with E-state index in [1.807, 2.05) is 13.8 Å². The number of aliphatic carboxylic acids is 1. The molecule has 20 heavy (non-hydrogen) atoms. The summed E-state index contributed by atoms with van der Waals surface area (Å²) in [6.45, 7) is 5.73. The lowest BCUT2D eigenvalue weighted by Crippen LogP contribution is -2.38. The molecule has 6 heteroatoms. The van der Waals surface area contributed by atoms with Crippen LogP contribution < -0.4 is 0 Å². The predicted molar refractivity (Wildman–Crippen MR) is 71.5 cm³/mol. The maximum absolute atomic E-state index is 12.4. The molecule has 1 saturated carbocycles. The first-order chi connectivity index (χ1) is 9.40. The Labute approximate surface area is 117 Å². The highest BCUT2D eigenvalue weighted by atomic mass is 16.5. The number of carbonyl (C=O) groups excluding carboxylic acids is 1. The predicted octanol–water partition coefficient (Wildman–Crippen LogP) is 2.12. The number of amides is 1. The van der Waals surface area contributed by atoms with Gasteiger partial charge in [-0.05, 0) is 12.8 Å². The Hall–Kier alpha value is -1.85. The standard InChI is InChI=1S/C14H20N2O4/c1-8(2)12-6-11(15-20-12)13(17)16(10-4-5-10)7-9(3)14(18)19/h6,8-10H,4-5,7H2,1-3H3,(H,18,19). The molecule has 1 atom stereocenters. The minimum absolute atomic E-state index is 0.142. The number of hydrogen-bond acceptors (Lipinski definition) is 4. The third-order valence-corrected chi connectivity index (χ3v) is 3.46. The van der Waals surface area contributed by atoms with Gasteiger partial charge in [0.05, 0.1) is 5.92 Å². The summed E-state index contributed by atoms with van der Waals surface area (Å²) in [6.07, 6.45) is 1.85. The maximum Gasteiger partial charge on any atom is 0.308 e. The summed E-state index contributed by atoms with van der Waals surface area (Å²) in [5.41, 5.74) is 0.262. The van der Waals surface area contributed by atoms with Crippen LogP contribution in [0, 0.1) is 5.92 Å². The van der Waals surface area contributed by atoms with Gasteiger partial charge in [-0.15, -0.1) is 0 Å². The molecule has 1 unspecified atom stereocenters. The maximum atomic E-state index is 12.4. The van der Waals surface area contributed by atoms with Crippen LogP contribution in [0.15, 0.2) is 10.6 Å². The van der Waals surface area contributed by atoms with Crippen molar-refractivity contribution in [2.24, 2.45) is 5.92 Å². The second-order valence-electron chi connectivity index (χ2n) is 5.70. The summed E-state index contributed by atoms with van der Waals surface area (Å²) in [5.74, 6) is -0.898. The molecule has 1 aromatic heterocycles. The topological polar surface area (TPSA) is 83.6 Å². The molecular weight excluding hydrogens is 260 g/mol. The summed E-state index contributed by atoms with van der Waals surface area (Å²) in [4.78, 5) is 25.0. The Kier molecular flexibility index (Phi) is 4.11. The Morgan fingerprint density at radius 1 is 1.45 bits per heavy atom. The van der Waals surface area contributed by atoms with Crippen molar-refractivity contribution in [2.45, 2.75) is 45.6 Å². The van der Waals surface area contributed by atoms with Crippen LogP contribution in [-0.4, -0.2) is 39.6 Å². The molecule has 1 amide bonds. The molecule has 0 bridgehead atoms. The van der Waals surface area contributed by atoms with Gasteiger partial charge < -0.3 is 14.5 Å². The summed E-state index contributed by atoms with van der Waals surface area (Å²) >= 11 is 0. The molecule has 1 aliphatic rings. The van der Waals surface area contributed by atoms with Crippen LogP contribution >= 0.6 is 0 Å². The van der Waals surface area contributed by atoms with Gasteiger partial charge in [-0.25, -0.2) is 0 Å². The second-order valence-corrected chi connectivity index (χ2v) is 5.70. The van der Waals surface area contributed by atoms with Crippen LogP contribution in [0.4, 0.5) is 0 Å². The lowest BCUT2D eigenvalue weighted by atomic mass is 10.1. The summed E-state index contributed by atoms with van der Waals surface area (Å²) in [5, 5.41) is 12.8. The van der Waals surface area contributed by atoms with Gasteiger partial charge in [-0.2, -0.15) is 0 Å². The molecule has 1 heterocycles. The van der Waals surface area contributed by atoms with Crippen LogP contribution in [0.3, 0.4) is 0 Å². The smallest absolute Gasteiger partial charge is 0.308 e. The summed E-state index contributed by atoms with van der Waals surface area (Å²) in [7, 11) is 0. The van der Waals surface area contributed by atoms with Crippen molar-refractivity contribution in [3.8, 4) is 0 Å². The lowest BCUT2D eigenvalue weighted by molar-refractivity contribution is -0.141. The largest absolute Gasteiger partial charge is 0.481 e. The zero-order valence-electron chi connectivity index (χ0n) is 12.0. The van der Waals surface area contributed by atoms with Crippen LogP contribution in [0.25, 0.3) is 0 Å².